The highest BCUT2D eigenvalue weighted by Crippen LogP contribution is 2.26. The Balaban J connectivity index is 2.40. The summed E-state index contributed by atoms with van der Waals surface area (Å²) in [5.74, 6) is 1.63. The van der Waals surface area contributed by atoms with Crippen LogP contribution in [0.3, 0.4) is 0 Å². The second-order valence-electron chi connectivity index (χ2n) is 4.59. The molecule has 0 aliphatic rings. The van der Waals surface area contributed by atoms with Gasteiger partial charge in [0, 0.05) is 12.1 Å². The van der Waals surface area contributed by atoms with Crippen LogP contribution in [0.5, 0.6) is 0 Å². The van der Waals surface area contributed by atoms with Gasteiger partial charge in [0.05, 0.1) is 10.2 Å². The summed E-state index contributed by atoms with van der Waals surface area (Å²) in [6.45, 7) is 7.10. The number of hydrogen-bond donors (Lipinski definition) is 1. The Morgan fingerprint density at radius 3 is 2.42 bits per heavy atom. The molecule has 4 heteroatoms. The van der Waals surface area contributed by atoms with E-state index in [2.05, 4.69) is 69.3 Å². The summed E-state index contributed by atoms with van der Waals surface area (Å²) in [7, 11) is 0. The maximum Gasteiger partial charge on any atom is 0.161 e. The van der Waals surface area contributed by atoms with E-state index in [4.69, 9.17) is 0 Å². The van der Waals surface area contributed by atoms with Gasteiger partial charge in [-0.15, -0.1) is 0 Å². The smallest absolute Gasteiger partial charge is 0.161 e. The van der Waals surface area contributed by atoms with Gasteiger partial charge in [0.15, 0.2) is 5.82 Å². The van der Waals surface area contributed by atoms with Crippen LogP contribution in [0.15, 0.2) is 28.7 Å². The average Bonchev–Trinajstić information content (AvgIpc) is 2.41. The van der Waals surface area contributed by atoms with Crippen molar-refractivity contribution in [1.29, 1.82) is 0 Å². The predicted octanol–water partition coefficient (Wildman–Crippen LogP) is 4.34. The van der Waals surface area contributed by atoms with Crippen LogP contribution in [-0.2, 0) is 0 Å². The summed E-state index contributed by atoms with van der Waals surface area (Å²) in [4.78, 5) is 9.14. The van der Waals surface area contributed by atoms with Gasteiger partial charge in [-0.1, -0.05) is 36.8 Å². The van der Waals surface area contributed by atoms with Crippen LogP contribution in [0, 0.1) is 13.8 Å². The first kappa shape index (κ1) is 14.0. The fourth-order valence-corrected chi connectivity index (χ4v) is 2.07. The second-order valence-corrected chi connectivity index (χ2v) is 5.38. The number of aryl methyl sites for hydroxylation is 2. The standard InChI is InChI=1S/C15H18BrN3/c1-4-9-17-15-13(16)11(3)18-14(19-15)12-7-5-10(2)6-8-12/h5-8H,4,9H2,1-3H3,(H,17,18,19). The molecule has 2 rings (SSSR count). The number of nitrogens with zero attached hydrogens (tertiary/aromatic N) is 2. The number of anilines is 1. The van der Waals surface area contributed by atoms with E-state index in [-0.39, 0.29) is 0 Å². The Labute approximate surface area is 122 Å². The van der Waals surface area contributed by atoms with Crippen LogP contribution in [0.1, 0.15) is 24.6 Å². The number of halogens is 1. The summed E-state index contributed by atoms with van der Waals surface area (Å²) in [5.41, 5.74) is 3.23. The van der Waals surface area contributed by atoms with E-state index in [9.17, 15) is 0 Å². The first-order valence-corrected chi connectivity index (χ1v) is 7.26. The van der Waals surface area contributed by atoms with Crippen LogP contribution in [0.25, 0.3) is 11.4 Å². The molecule has 0 amide bonds. The van der Waals surface area contributed by atoms with Crippen molar-refractivity contribution in [2.45, 2.75) is 27.2 Å². The van der Waals surface area contributed by atoms with Crippen LogP contribution in [0.2, 0.25) is 0 Å². The minimum Gasteiger partial charge on any atom is -0.369 e. The Morgan fingerprint density at radius 1 is 1.11 bits per heavy atom. The largest absolute Gasteiger partial charge is 0.369 e. The lowest BCUT2D eigenvalue weighted by Gasteiger charge is -2.11. The van der Waals surface area contributed by atoms with Gasteiger partial charge in [-0.2, -0.15) is 0 Å². The highest BCUT2D eigenvalue weighted by Gasteiger charge is 2.10. The van der Waals surface area contributed by atoms with Crippen molar-refractivity contribution in [3.8, 4) is 11.4 Å². The highest BCUT2D eigenvalue weighted by molar-refractivity contribution is 9.10. The normalized spacial score (nSPS) is 10.5. The number of nitrogens with one attached hydrogen (secondary N) is 1. The Morgan fingerprint density at radius 2 is 1.79 bits per heavy atom. The third-order valence-electron chi connectivity index (χ3n) is 2.87. The molecule has 2 aromatic rings. The number of benzene rings is 1. The number of aromatic nitrogens is 2. The molecule has 1 aromatic carbocycles. The summed E-state index contributed by atoms with van der Waals surface area (Å²) in [6.07, 6.45) is 1.06. The van der Waals surface area contributed by atoms with E-state index in [0.29, 0.717) is 0 Å². The number of hydrogen-bond acceptors (Lipinski definition) is 3. The molecule has 0 aliphatic carbocycles. The molecular weight excluding hydrogens is 302 g/mol. The molecule has 0 radical (unpaired) electrons. The zero-order chi connectivity index (χ0) is 13.8. The van der Waals surface area contributed by atoms with Gasteiger partial charge in [0.2, 0.25) is 0 Å². The molecule has 0 spiro atoms. The molecule has 1 heterocycles. The minimum atomic E-state index is 0.763. The van der Waals surface area contributed by atoms with Crippen LogP contribution in [0.4, 0.5) is 5.82 Å². The molecule has 0 atom stereocenters. The minimum absolute atomic E-state index is 0.763. The van der Waals surface area contributed by atoms with Crippen molar-refractivity contribution in [1.82, 2.24) is 9.97 Å². The molecule has 0 saturated carbocycles. The van der Waals surface area contributed by atoms with Crippen molar-refractivity contribution >= 4 is 21.7 Å². The van der Waals surface area contributed by atoms with Crippen LogP contribution in [-0.4, -0.2) is 16.5 Å². The Kier molecular flexibility index (Phi) is 4.53. The topological polar surface area (TPSA) is 37.8 Å². The van der Waals surface area contributed by atoms with Crippen LogP contribution >= 0.6 is 15.9 Å². The van der Waals surface area contributed by atoms with Crippen LogP contribution < -0.4 is 5.32 Å². The summed E-state index contributed by atoms with van der Waals surface area (Å²) < 4.78 is 0.941. The monoisotopic (exact) mass is 319 g/mol. The van der Waals surface area contributed by atoms with E-state index >= 15 is 0 Å². The molecule has 0 unspecified atom stereocenters. The van der Waals surface area contributed by atoms with Crippen molar-refractivity contribution < 1.29 is 0 Å². The Hall–Kier alpha value is -1.42. The summed E-state index contributed by atoms with van der Waals surface area (Å²) in [6, 6.07) is 8.27. The van der Waals surface area contributed by atoms with E-state index in [1.807, 2.05) is 6.92 Å². The van der Waals surface area contributed by atoms with Gasteiger partial charge in [0.1, 0.15) is 5.82 Å². The lowest BCUT2D eigenvalue weighted by atomic mass is 10.1. The molecule has 1 N–H and O–H groups in total. The fraction of sp³-hybridized carbons (Fsp3) is 0.333. The molecule has 3 nitrogen and oxygen atoms in total. The fourth-order valence-electron chi connectivity index (χ4n) is 1.75. The van der Waals surface area contributed by atoms with Crippen molar-refractivity contribution in [2.24, 2.45) is 0 Å². The summed E-state index contributed by atoms with van der Waals surface area (Å²) in [5, 5.41) is 3.33. The molecule has 1 aromatic heterocycles. The lowest BCUT2D eigenvalue weighted by molar-refractivity contribution is 0.958. The van der Waals surface area contributed by atoms with E-state index in [1.165, 1.54) is 5.56 Å². The van der Waals surface area contributed by atoms with Gasteiger partial charge < -0.3 is 5.32 Å². The zero-order valence-electron chi connectivity index (χ0n) is 11.5. The zero-order valence-corrected chi connectivity index (χ0v) is 13.1. The average molecular weight is 320 g/mol. The third kappa shape index (κ3) is 3.32. The van der Waals surface area contributed by atoms with Gasteiger partial charge in [-0.25, -0.2) is 9.97 Å². The molecule has 0 fully saturated rings. The summed E-state index contributed by atoms with van der Waals surface area (Å²) >= 11 is 3.54. The van der Waals surface area contributed by atoms with E-state index < -0.39 is 0 Å². The molecular formula is C15H18BrN3. The van der Waals surface area contributed by atoms with Gasteiger partial charge in [-0.3, -0.25) is 0 Å². The molecule has 0 saturated heterocycles. The van der Waals surface area contributed by atoms with E-state index in [1.54, 1.807) is 0 Å². The molecule has 0 bridgehead atoms. The number of rotatable bonds is 4. The van der Waals surface area contributed by atoms with Gasteiger partial charge >= 0.3 is 0 Å². The van der Waals surface area contributed by atoms with Crippen molar-refractivity contribution in [3.63, 3.8) is 0 Å². The molecule has 19 heavy (non-hydrogen) atoms. The molecule has 100 valence electrons. The van der Waals surface area contributed by atoms with Gasteiger partial charge in [-0.05, 0) is 36.2 Å². The SMILES string of the molecule is CCCNc1nc(-c2ccc(C)cc2)nc(C)c1Br. The second kappa shape index (κ2) is 6.15. The quantitative estimate of drug-likeness (QED) is 0.910. The maximum absolute atomic E-state index is 4.60. The predicted molar refractivity (Wildman–Crippen MR) is 83.4 cm³/mol. The van der Waals surface area contributed by atoms with Crippen molar-refractivity contribution in [3.05, 3.63) is 40.0 Å². The van der Waals surface area contributed by atoms with E-state index in [0.717, 1.165) is 40.3 Å². The molecule has 0 aliphatic heterocycles. The first-order chi connectivity index (χ1) is 9.11. The highest BCUT2D eigenvalue weighted by atomic mass is 79.9. The third-order valence-corrected chi connectivity index (χ3v) is 3.82. The lowest BCUT2D eigenvalue weighted by Crippen LogP contribution is -2.06. The van der Waals surface area contributed by atoms with Crippen molar-refractivity contribution in [2.75, 3.05) is 11.9 Å². The Bertz CT molecular complexity index is 564. The first-order valence-electron chi connectivity index (χ1n) is 6.47. The van der Waals surface area contributed by atoms with Gasteiger partial charge in [0.25, 0.3) is 0 Å². The maximum atomic E-state index is 4.60.